The first-order valence-electron chi connectivity index (χ1n) is 8.93. The lowest BCUT2D eigenvalue weighted by Gasteiger charge is -2.17. The van der Waals surface area contributed by atoms with Gasteiger partial charge in [-0.1, -0.05) is 18.2 Å². The van der Waals surface area contributed by atoms with E-state index < -0.39 is 16.1 Å². The second-order valence-electron chi connectivity index (χ2n) is 6.81. The molecule has 1 saturated heterocycles. The Morgan fingerprint density at radius 2 is 2.19 bits per heavy atom. The number of hydrogen-bond acceptors (Lipinski definition) is 5. The van der Waals surface area contributed by atoms with E-state index in [-0.39, 0.29) is 5.92 Å². The van der Waals surface area contributed by atoms with Crippen LogP contribution in [0.4, 0.5) is 0 Å². The zero-order valence-corrected chi connectivity index (χ0v) is 17.2. The largest absolute Gasteiger partial charge is 0.386 e. The van der Waals surface area contributed by atoms with Crippen LogP contribution in [0, 0.1) is 5.92 Å². The molecular formula is C18H26N4O3S2. The van der Waals surface area contributed by atoms with Crippen LogP contribution in [0.25, 0.3) is 10.1 Å². The maximum absolute atomic E-state index is 11.6. The zero-order valence-electron chi connectivity index (χ0n) is 15.6. The van der Waals surface area contributed by atoms with E-state index >= 15 is 0 Å². The summed E-state index contributed by atoms with van der Waals surface area (Å²) in [7, 11) is -1.44. The van der Waals surface area contributed by atoms with E-state index in [1.807, 2.05) is 30.3 Å². The average Bonchev–Trinajstić information content (AvgIpc) is 3.28. The van der Waals surface area contributed by atoms with Crippen LogP contribution < -0.4 is 10.6 Å². The zero-order chi connectivity index (χ0) is 19.4. The number of nitrogens with zero attached hydrogens (tertiary/aromatic N) is 2. The van der Waals surface area contributed by atoms with Gasteiger partial charge in [0.1, 0.15) is 6.10 Å². The van der Waals surface area contributed by atoms with Gasteiger partial charge in [0.05, 0.1) is 6.26 Å². The molecule has 2 unspecified atom stereocenters. The molecule has 1 aliphatic heterocycles. The van der Waals surface area contributed by atoms with E-state index in [0.717, 1.165) is 21.4 Å². The van der Waals surface area contributed by atoms with Crippen LogP contribution in [0.2, 0.25) is 0 Å². The number of aliphatic hydroxyl groups excluding tert-OH is 1. The fourth-order valence-electron chi connectivity index (χ4n) is 3.19. The van der Waals surface area contributed by atoms with E-state index in [1.54, 1.807) is 18.4 Å². The highest BCUT2D eigenvalue weighted by Crippen LogP contribution is 2.29. The highest BCUT2D eigenvalue weighted by Gasteiger charge is 2.28. The van der Waals surface area contributed by atoms with Gasteiger partial charge in [-0.25, -0.2) is 12.7 Å². The lowest BCUT2D eigenvalue weighted by molar-refractivity contribution is 0.184. The number of sulfonamides is 1. The van der Waals surface area contributed by atoms with Gasteiger partial charge < -0.3 is 15.7 Å². The maximum Gasteiger partial charge on any atom is 0.211 e. The highest BCUT2D eigenvalue weighted by atomic mass is 32.2. The Kier molecular flexibility index (Phi) is 6.36. The van der Waals surface area contributed by atoms with Crippen molar-refractivity contribution in [1.29, 1.82) is 0 Å². The van der Waals surface area contributed by atoms with Crippen LogP contribution >= 0.6 is 11.3 Å². The Balaban J connectivity index is 1.48. The van der Waals surface area contributed by atoms with Crippen LogP contribution in [0.15, 0.2) is 35.3 Å². The standard InChI is InChI=1S/C18H26N4O3S2/c1-19-18(20-10-13-7-8-22(12-13)27(2,24)25)21-11-15(23)17-9-14-5-3-4-6-16(14)26-17/h3-6,9,13,15,23H,7-8,10-12H2,1-2H3,(H2,19,20,21). The number of aliphatic imine (C=N–C) groups is 1. The summed E-state index contributed by atoms with van der Waals surface area (Å²) in [5, 5.41) is 18.0. The quantitative estimate of drug-likeness (QED) is 0.494. The van der Waals surface area contributed by atoms with Gasteiger partial charge in [-0.2, -0.15) is 0 Å². The number of hydrogen-bond donors (Lipinski definition) is 3. The van der Waals surface area contributed by atoms with Crippen molar-refractivity contribution in [3.05, 3.63) is 35.2 Å². The number of thiophene rings is 1. The van der Waals surface area contributed by atoms with Crippen molar-refractivity contribution in [2.45, 2.75) is 12.5 Å². The SMILES string of the molecule is CN=C(NCC1CCN(S(C)(=O)=O)C1)NCC(O)c1cc2ccccc2s1. The van der Waals surface area contributed by atoms with Gasteiger partial charge >= 0.3 is 0 Å². The summed E-state index contributed by atoms with van der Waals surface area (Å²) in [6.07, 6.45) is 1.47. The third-order valence-corrected chi connectivity index (χ3v) is 7.22. The maximum atomic E-state index is 11.6. The molecule has 1 aromatic heterocycles. The van der Waals surface area contributed by atoms with Gasteiger partial charge in [0.25, 0.3) is 0 Å². The topological polar surface area (TPSA) is 94.0 Å². The number of aliphatic hydroxyl groups is 1. The van der Waals surface area contributed by atoms with Crippen molar-refractivity contribution < 1.29 is 13.5 Å². The van der Waals surface area contributed by atoms with Crippen molar-refractivity contribution in [3.8, 4) is 0 Å². The second-order valence-corrected chi connectivity index (χ2v) is 9.91. The molecule has 1 fully saturated rings. The molecule has 2 aromatic rings. The second kappa shape index (κ2) is 8.55. The number of nitrogens with one attached hydrogen (secondary N) is 2. The number of fused-ring (bicyclic) bond motifs is 1. The molecular weight excluding hydrogens is 384 g/mol. The van der Waals surface area contributed by atoms with Crippen molar-refractivity contribution in [2.75, 3.05) is 39.5 Å². The lowest BCUT2D eigenvalue weighted by atomic mass is 10.1. The molecule has 0 amide bonds. The summed E-state index contributed by atoms with van der Waals surface area (Å²) in [5.74, 6) is 0.860. The van der Waals surface area contributed by atoms with E-state index in [9.17, 15) is 13.5 Å². The van der Waals surface area contributed by atoms with Gasteiger partial charge in [-0.3, -0.25) is 4.99 Å². The Morgan fingerprint density at radius 3 is 2.85 bits per heavy atom. The van der Waals surface area contributed by atoms with Crippen LogP contribution in [0.3, 0.4) is 0 Å². The smallest absolute Gasteiger partial charge is 0.211 e. The van der Waals surface area contributed by atoms with Gasteiger partial charge in [-0.05, 0) is 29.9 Å². The first-order valence-corrected chi connectivity index (χ1v) is 11.6. The van der Waals surface area contributed by atoms with E-state index in [1.165, 1.54) is 10.6 Å². The van der Waals surface area contributed by atoms with Crippen LogP contribution in [0.5, 0.6) is 0 Å². The van der Waals surface area contributed by atoms with Crippen LogP contribution in [-0.4, -0.2) is 63.3 Å². The van der Waals surface area contributed by atoms with Gasteiger partial charge in [0.2, 0.25) is 10.0 Å². The molecule has 0 spiro atoms. The third kappa shape index (κ3) is 5.19. The van der Waals surface area contributed by atoms with Gasteiger partial charge in [-0.15, -0.1) is 11.3 Å². The monoisotopic (exact) mass is 410 g/mol. The summed E-state index contributed by atoms with van der Waals surface area (Å²) >= 11 is 1.59. The molecule has 2 heterocycles. The minimum atomic E-state index is -3.12. The molecule has 0 bridgehead atoms. The minimum Gasteiger partial charge on any atom is -0.386 e. The highest BCUT2D eigenvalue weighted by molar-refractivity contribution is 7.88. The van der Waals surface area contributed by atoms with E-state index in [2.05, 4.69) is 15.6 Å². The molecule has 27 heavy (non-hydrogen) atoms. The molecule has 0 radical (unpaired) electrons. The first kappa shape index (κ1) is 20.1. The number of guanidine groups is 1. The van der Waals surface area contributed by atoms with Crippen molar-refractivity contribution in [2.24, 2.45) is 10.9 Å². The summed E-state index contributed by atoms with van der Waals surface area (Å²) in [6.45, 7) is 2.10. The normalized spacial score (nSPS) is 20.1. The fourth-order valence-corrected chi connectivity index (χ4v) is 5.16. The Labute approximate surface area is 164 Å². The summed E-state index contributed by atoms with van der Waals surface area (Å²) in [4.78, 5) is 5.10. The molecule has 0 saturated carbocycles. The van der Waals surface area contributed by atoms with Crippen molar-refractivity contribution in [3.63, 3.8) is 0 Å². The van der Waals surface area contributed by atoms with E-state index in [0.29, 0.717) is 32.1 Å². The molecule has 1 aromatic carbocycles. The molecule has 1 aliphatic rings. The van der Waals surface area contributed by atoms with Crippen LogP contribution in [-0.2, 0) is 10.0 Å². The van der Waals surface area contributed by atoms with Crippen LogP contribution in [0.1, 0.15) is 17.4 Å². The van der Waals surface area contributed by atoms with Gasteiger partial charge in [0.15, 0.2) is 5.96 Å². The predicted molar refractivity (Wildman–Crippen MR) is 111 cm³/mol. The molecule has 2 atom stereocenters. The third-order valence-electron chi connectivity index (χ3n) is 4.74. The molecule has 3 rings (SSSR count). The number of rotatable bonds is 6. The molecule has 9 heteroatoms. The molecule has 148 valence electrons. The van der Waals surface area contributed by atoms with E-state index in [4.69, 9.17) is 0 Å². The molecule has 3 N–H and O–H groups in total. The molecule has 7 nitrogen and oxygen atoms in total. The summed E-state index contributed by atoms with van der Waals surface area (Å²) < 4.78 is 25.9. The predicted octanol–water partition coefficient (Wildman–Crippen LogP) is 1.38. The molecule has 0 aliphatic carbocycles. The minimum absolute atomic E-state index is 0.255. The Morgan fingerprint density at radius 1 is 1.41 bits per heavy atom. The first-order chi connectivity index (χ1) is 12.9. The Hall–Kier alpha value is -1.68. The van der Waals surface area contributed by atoms with Crippen molar-refractivity contribution >= 4 is 37.4 Å². The lowest BCUT2D eigenvalue weighted by Crippen LogP contribution is -2.41. The van der Waals surface area contributed by atoms with Gasteiger partial charge in [0, 0.05) is 42.8 Å². The Bertz CT molecular complexity index is 877. The fraction of sp³-hybridized carbons (Fsp3) is 0.500. The summed E-state index contributed by atoms with van der Waals surface area (Å²) in [5.41, 5.74) is 0. The summed E-state index contributed by atoms with van der Waals surface area (Å²) in [6, 6.07) is 10.1. The van der Waals surface area contributed by atoms with Crippen molar-refractivity contribution in [1.82, 2.24) is 14.9 Å². The average molecular weight is 411 g/mol. The number of benzene rings is 1.